The summed E-state index contributed by atoms with van der Waals surface area (Å²) in [6.45, 7) is 7.75. The molecule has 0 unspecified atom stereocenters. The van der Waals surface area contributed by atoms with Crippen molar-refractivity contribution in [2.24, 2.45) is 10.2 Å². The highest BCUT2D eigenvalue weighted by Gasteiger charge is 2.22. The summed E-state index contributed by atoms with van der Waals surface area (Å²) in [4.78, 5) is 10.7. The van der Waals surface area contributed by atoms with Crippen LogP contribution in [0.5, 0.6) is 0 Å². The van der Waals surface area contributed by atoms with Gasteiger partial charge in [-0.1, -0.05) is 0 Å². The first kappa shape index (κ1) is 12.6. The van der Waals surface area contributed by atoms with E-state index in [0.29, 0.717) is 0 Å². The zero-order valence-corrected chi connectivity index (χ0v) is 9.16. The minimum absolute atomic E-state index is 0.427. The van der Waals surface area contributed by atoms with Crippen LogP contribution in [0.2, 0.25) is 0 Å². The maximum Gasteiger partial charge on any atom is 0.304 e. The van der Waals surface area contributed by atoms with Crippen molar-refractivity contribution in [2.45, 2.75) is 45.9 Å². The quantitative estimate of drug-likeness (QED) is 0.513. The average molecular weight is 197 g/mol. The summed E-state index contributed by atoms with van der Waals surface area (Å²) in [6, 6.07) is 1.97. The molecule has 0 spiro atoms. The maximum absolute atomic E-state index is 10.7. The van der Waals surface area contributed by atoms with Crippen LogP contribution in [0.1, 0.15) is 34.6 Å². The molecule has 0 saturated carbocycles. The van der Waals surface area contributed by atoms with E-state index in [4.69, 9.17) is 10.00 Å². The van der Waals surface area contributed by atoms with E-state index in [9.17, 15) is 4.79 Å². The van der Waals surface area contributed by atoms with Crippen molar-refractivity contribution in [3.8, 4) is 6.07 Å². The fraction of sp³-hybridized carbons (Fsp3) is 0.778. The Hall–Kier alpha value is -1.44. The SMILES string of the molecule is CC(=O)OC(C)(C)N=NC(C)(C)C#N. The molecule has 0 bridgehead atoms. The molecule has 14 heavy (non-hydrogen) atoms. The molecule has 0 aromatic rings. The first-order valence-electron chi connectivity index (χ1n) is 4.23. The third-order valence-electron chi connectivity index (χ3n) is 1.21. The van der Waals surface area contributed by atoms with E-state index in [-0.39, 0.29) is 0 Å². The zero-order chi connectivity index (χ0) is 11.4. The van der Waals surface area contributed by atoms with Gasteiger partial charge in [-0.25, -0.2) is 0 Å². The lowest BCUT2D eigenvalue weighted by Gasteiger charge is -2.19. The van der Waals surface area contributed by atoms with Crippen LogP contribution in [0.15, 0.2) is 10.2 Å². The first-order chi connectivity index (χ1) is 6.18. The van der Waals surface area contributed by atoms with Crippen LogP contribution < -0.4 is 0 Å². The molecule has 0 fully saturated rings. The van der Waals surface area contributed by atoms with E-state index >= 15 is 0 Å². The van der Waals surface area contributed by atoms with Crippen molar-refractivity contribution in [3.63, 3.8) is 0 Å². The van der Waals surface area contributed by atoms with Crippen molar-refractivity contribution >= 4 is 5.97 Å². The second kappa shape index (κ2) is 4.18. The number of hydrogen-bond acceptors (Lipinski definition) is 5. The maximum atomic E-state index is 10.7. The topological polar surface area (TPSA) is 74.8 Å². The third kappa shape index (κ3) is 5.25. The normalized spacial score (nSPS) is 12.6. The van der Waals surface area contributed by atoms with Crippen LogP contribution in [0.25, 0.3) is 0 Å². The Kier molecular flexibility index (Phi) is 3.75. The molecule has 0 radical (unpaired) electrons. The first-order valence-corrected chi connectivity index (χ1v) is 4.23. The highest BCUT2D eigenvalue weighted by molar-refractivity contribution is 5.66. The van der Waals surface area contributed by atoms with Gasteiger partial charge in [-0.3, -0.25) is 4.79 Å². The van der Waals surface area contributed by atoms with Gasteiger partial charge in [-0.15, -0.1) is 5.11 Å². The third-order valence-corrected chi connectivity index (χ3v) is 1.21. The number of carbonyl (C=O) groups is 1. The molecule has 0 rings (SSSR count). The lowest BCUT2D eigenvalue weighted by Crippen LogP contribution is -2.25. The molecule has 0 aromatic carbocycles. The Balaban J connectivity index is 4.51. The van der Waals surface area contributed by atoms with Gasteiger partial charge in [0.1, 0.15) is 0 Å². The summed E-state index contributed by atoms with van der Waals surface area (Å²) in [5, 5.41) is 16.2. The minimum atomic E-state index is -1.01. The summed E-state index contributed by atoms with van der Waals surface area (Å²) in [5.41, 5.74) is -1.91. The van der Waals surface area contributed by atoms with Crippen molar-refractivity contribution in [3.05, 3.63) is 0 Å². The van der Waals surface area contributed by atoms with Gasteiger partial charge in [0.2, 0.25) is 5.72 Å². The molecule has 5 heteroatoms. The summed E-state index contributed by atoms with van der Waals surface area (Å²) in [6.07, 6.45) is 0. The molecule has 0 aromatic heterocycles. The van der Waals surface area contributed by atoms with Crippen LogP contribution in [0.4, 0.5) is 0 Å². The number of azo groups is 1. The van der Waals surface area contributed by atoms with Gasteiger partial charge >= 0.3 is 5.97 Å². The van der Waals surface area contributed by atoms with Gasteiger partial charge in [0, 0.05) is 6.92 Å². The molecule has 0 aliphatic heterocycles. The minimum Gasteiger partial charge on any atom is -0.436 e. The van der Waals surface area contributed by atoms with Crippen LogP contribution >= 0.6 is 0 Å². The Morgan fingerprint density at radius 2 is 1.79 bits per heavy atom. The molecule has 0 N–H and O–H groups in total. The number of hydrogen-bond donors (Lipinski definition) is 0. The molecule has 0 amide bonds. The highest BCUT2D eigenvalue weighted by atomic mass is 16.6. The zero-order valence-electron chi connectivity index (χ0n) is 9.16. The molecule has 0 atom stereocenters. The molecule has 0 saturated heterocycles. The smallest absolute Gasteiger partial charge is 0.304 e. The molecule has 0 heterocycles. The largest absolute Gasteiger partial charge is 0.436 e. The van der Waals surface area contributed by atoms with Gasteiger partial charge in [0.05, 0.1) is 6.07 Å². The molecule has 0 aliphatic carbocycles. The highest BCUT2D eigenvalue weighted by Crippen LogP contribution is 2.16. The van der Waals surface area contributed by atoms with E-state index in [1.165, 1.54) is 6.92 Å². The van der Waals surface area contributed by atoms with Crippen LogP contribution in [-0.2, 0) is 9.53 Å². The van der Waals surface area contributed by atoms with Crippen molar-refractivity contribution < 1.29 is 9.53 Å². The van der Waals surface area contributed by atoms with E-state index < -0.39 is 17.2 Å². The summed E-state index contributed by atoms with van der Waals surface area (Å²) < 4.78 is 4.87. The second-order valence-corrected chi connectivity index (χ2v) is 3.91. The van der Waals surface area contributed by atoms with Crippen LogP contribution in [-0.4, -0.2) is 17.2 Å². The van der Waals surface area contributed by atoms with Crippen LogP contribution in [0, 0.1) is 11.3 Å². The second-order valence-electron chi connectivity index (χ2n) is 3.91. The van der Waals surface area contributed by atoms with Gasteiger partial charge < -0.3 is 4.74 Å². The summed E-state index contributed by atoms with van der Waals surface area (Å²) in [7, 11) is 0. The van der Waals surface area contributed by atoms with E-state index in [0.717, 1.165) is 0 Å². The van der Waals surface area contributed by atoms with E-state index in [1.807, 2.05) is 6.07 Å². The Morgan fingerprint density at radius 1 is 1.29 bits per heavy atom. The summed E-state index contributed by atoms with van der Waals surface area (Å²) >= 11 is 0. The van der Waals surface area contributed by atoms with Crippen molar-refractivity contribution in [2.75, 3.05) is 0 Å². The fourth-order valence-electron chi connectivity index (χ4n) is 0.640. The molecule has 0 aliphatic rings. The number of nitriles is 1. The van der Waals surface area contributed by atoms with Gasteiger partial charge in [0.25, 0.3) is 0 Å². The summed E-state index contributed by atoms with van der Waals surface area (Å²) in [5.74, 6) is -0.427. The number of esters is 1. The van der Waals surface area contributed by atoms with Crippen molar-refractivity contribution in [1.29, 1.82) is 5.26 Å². The molecular weight excluding hydrogens is 182 g/mol. The lowest BCUT2D eigenvalue weighted by atomic mass is 10.1. The standard InChI is InChI=1S/C9H15N3O2/c1-7(13)14-9(4,5)12-11-8(2,3)6-10/h1-5H3. The van der Waals surface area contributed by atoms with Gasteiger partial charge in [0.15, 0.2) is 5.54 Å². The van der Waals surface area contributed by atoms with Crippen LogP contribution in [0.3, 0.4) is 0 Å². The lowest BCUT2D eigenvalue weighted by molar-refractivity contribution is -0.153. The number of rotatable bonds is 3. The molecule has 5 nitrogen and oxygen atoms in total. The van der Waals surface area contributed by atoms with Gasteiger partial charge in [-0.05, 0) is 27.7 Å². The number of carbonyl (C=O) groups excluding carboxylic acids is 1. The predicted molar refractivity (Wildman–Crippen MR) is 50.4 cm³/mol. The van der Waals surface area contributed by atoms with E-state index in [1.54, 1.807) is 27.7 Å². The molecular formula is C9H15N3O2. The van der Waals surface area contributed by atoms with Crippen molar-refractivity contribution in [1.82, 2.24) is 0 Å². The van der Waals surface area contributed by atoms with Gasteiger partial charge in [-0.2, -0.15) is 10.4 Å². The Labute approximate surface area is 83.8 Å². The predicted octanol–water partition coefficient (Wildman–Crippen LogP) is 2.04. The number of ether oxygens (including phenoxy) is 1. The fourth-order valence-corrected chi connectivity index (χ4v) is 0.640. The molecule has 78 valence electrons. The average Bonchev–Trinajstić information content (AvgIpc) is 1.99. The Bertz CT molecular complexity index is 287. The van der Waals surface area contributed by atoms with E-state index in [2.05, 4.69) is 10.2 Å². The monoisotopic (exact) mass is 197 g/mol. The Morgan fingerprint density at radius 3 is 2.14 bits per heavy atom. The number of nitrogens with zero attached hydrogens (tertiary/aromatic N) is 3.